The lowest BCUT2D eigenvalue weighted by molar-refractivity contribution is 0.234. The summed E-state index contributed by atoms with van der Waals surface area (Å²) in [6.07, 6.45) is 3.96. The van der Waals surface area contributed by atoms with Crippen LogP contribution in [-0.4, -0.2) is 28.7 Å². The fraction of sp³-hybridized carbons (Fsp3) is 0.667. The van der Waals surface area contributed by atoms with E-state index in [1.54, 1.807) is 0 Å². The zero-order valence-corrected chi connectivity index (χ0v) is 10.7. The van der Waals surface area contributed by atoms with Crippen LogP contribution in [0.5, 0.6) is 5.88 Å². The Morgan fingerprint density at radius 3 is 2.82 bits per heavy atom. The molecule has 1 aromatic heterocycles. The molecule has 0 aliphatic carbocycles. The SMILES string of the molecule is CC(C)Oc1ncnc(N2CCCC2C)c1N. The second kappa shape index (κ2) is 4.77. The maximum atomic E-state index is 6.08. The van der Waals surface area contributed by atoms with Gasteiger partial charge in [-0.3, -0.25) is 0 Å². The molecular weight excluding hydrogens is 216 g/mol. The smallest absolute Gasteiger partial charge is 0.242 e. The van der Waals surface area contributed by atoms with Crippen molar-refractivity contribution in [1.29, 1.82) is 0 Å². The van der Waals surface area contributed by atoms with Crippen LogP contribution in [0.15, 0.2) is 6.33 Å². The van der Waals surface area contributed by atoms with Gasteiger partial charge in [0.2, 0.25) is 5.88 Å². The summed E-state index contributed by atoms with van der Waals surface area (Å²) < 4.78 is 5.58. The van der Waals surface area contributed by atoms with Crippen LogP contribution in [0.3, 0.4) is 0 Å². The van der Waals surface area contributed by atoms with Gasteiger partial charge in [-0.05, 0) is 33.6 Å². The number of nitrogen functional groups attached to an aromatic ring is 1. The predicted molar refractivity (Wildman–Crippen MR) is 68.3 cm³/mol. The summed E-state index contributed by atoms with van der Waals surface area (Å²) in [6, 6.07) is 0.485. The molecule has 1 saturated heterocycles. The van der Waals surface area contributed by atoms with Gasteiger partial charge in [0.25, 0.3) is 0 Å². The van der Waals surface area contributed by atoms with Crippen LogP contribution in [0.1, 0.15) is 33.6 Å². The molecular formula is C12H20N4O. The second-order valence-corrected chi connectivity index (χ2v) is 4.77. The molecule has 0 bridgehead atoms. The molecule has 1 unspecified atom stereocenters. The molecule has 1 aliphatic rings. The van der Waals surface area contributed by atoms with Gasteiger partial charge >= 0.3 is 0 Å². The molecule has 0 radical (unpaired) electrons. The van der Waals surface area contributed by atoms with Gasteiger partial charge in [0, 0.05) is 12.6 Å². The van der Waals surface area contributed by atoms with E-state index >= 15 is 0 Å². The Morgan fingerprint density at radius 2 is 2.24 bits per heavy atom. The molecule has 17 heavy (non-hydrogen) atoms. The predicted octanol–water partition coefficient (Wildman–Crippen LogP) is 1.83. The molecule has 1 fully saturated rings. The highest BCUT2D eigenvalue weighted by atomic mass is 16.5. The number of hydrogen-bond acceptors (Lipinski definition) is 5. The minimum Gasteiger partial charge on any atom is -0.473 e. The molecule has 5 heteroatoms. The average Bonchev–Trinajstić information content (AvgIpc) is 2.67. The van der Waals surface area contributed by atoms with Gasteiger partial charge in [-0.1, -0.05) is 0 Å². The van der Waals surface area contributed by atoms with Crippen molar-refractivity contribution in [3.8, 4) is 5.88 Å². The lowest BCUT2D eigenvalue weighted by atomic mass is 10.2. The first kappa shape index (κ1) is 12.0. The summed E-state index contributed by atoms with van der Waals surface area (Å²) in [5, 5.41) is 0. The van der Waals surface area contributed by atoms with Crippen LogP contribution < -0.4 is 15.4 Å². The van der Waals surface area contributed by atoms with Crippen LogP contribution in [0.2, 0.25) is 0 Å². The van der Waals surface area contributed by atoms with Gasteiger partial charge in [-0.15, -0.1) is 0 Å². The van der Waals surface area contributed by atoms with Crippen LogP contribution in [0.25, 0.3) is 0 Å². The van der Waals surface area contributed by atoms with E-state index in [9.17, 15) is 0 Å². The van der Waals surface area contributed by atoms with Gasteiger partial charge in [0.05, 0.1) is 6.10 Å². The van der Waals surface area contributed by atoms with E-state index in [1.807, 2.05) is 13.8 Å². The Morgan fingerprint density at radius 1 is 1.47 bits per heavy atom. The highest BCUT2D eigenvalue weighted by Gasteiger charge is 2.25. The number of aromatic nitrogens is 2. The third-order valence-electron chi connectivity index (χ3n) is 3.00. The summed E-state index contributed by atoms with van der Waals surface area (Å²) in [4.78, 5) is 10.6. The second-order valence-electron chi connectivity index (χ2n) is 4.77. The summed E-state index contributed by atoms with van der Waals surface area (Å²) in [6.45, 7) is 7.11. The van der Waals surface area contributed by atoms with E-state index < -0.39 is 0 Å². The van der Waals surface area contributed by atoms with Crippen LogP contribution in [0, 0.1) is 0 Å². The quantitative estimate of drug-likeness (QED) is 0.867. The molecule has 1 aliphatic heterocycles. The number of nitrogens with two attached hydrogens (primary N) is 1. The van der Waals surface area contributed by atoms with E-state index in [2.05, 4.69) is 21.8 Å². The molecule has 0 saturated carbocycles. The van der Waals surface area contributed by atoms with E-state index in [0.29, 0.717) is 17.6 Å². The largest absolute Gasteiger partial charge is 0.473 e. The highest BCUT2D eigenvalue weighted by molar-refractivity contribution is 5.68. The topological polar surface area (TPSA) is 64.3 Å². The maximum absolute atomic E-state index is 6.08. The minimum absolute atomic E-state index is 0.0658. The Bertz CT molecular complexity index is 394. The van der Waals surface area contributed by atoms with Crippen molar-refractivity contribution in [2.45, 2.75) is 45.8 Å². The van der Waals surface area contributed by atoms with Crippen molar-refractivity contribution >= 4 is 11.5 Å². The lowest BCUT2D eigenvalue weighted by Crippen LogP contribution is -2.28. The van der Waals surface area contributed by atoms with Crippen molar-refractivity contribution in [3.63, 3.8) is 0 Å². The lowest BCUT2D eigenvalue weighted by Gasteiger charge is -2.24. The number of ether oxygens (including phenoxy) is 1. The molecule has 0 aromatic carbocycles. The van der Waals surface area contributed by atoms with Crippen molar-refractivity contribution in [2.75, 3.05) is 17.2 Å². The molecule has 5 nitrogen and oxygen atoms in total. The Kier molecular flexibility index (Phi) is 3.36. The Labute approximate surface area is 102 Å². The van der Waals surface area contributed by atoms with Crippen molar-refractivity contribution in [2.24, 2.45) is 0 Å². The van der Waals surface area contributed by atoms with Gasteiger partial charge in [0.1, 0.15) is 12.0 Å². The summed E-state index contributed by atoms with van der Waals surface area (Å²) in [7, 11) is 0. The van der Waals surface area contributed by atoms with Crippen LogP contribution in [-0.2, 0) is 0 Å². The first-order valence-electron chi connectivity index (χ1n) is 6.13. The first-order chi connectivity index (χ1) is 8.09. The maximum Gasteiger partial charge on any atom is 0.242 e. The standard InChI is InChI=1S/C12H20N4O/c1-8(2)17-12-10(13)11(14-7-15-12)16-6-4-5-9(16)3/h7-9H,4-6,13H2,1-3H3. The normalized spacial score (nSPS) is 20.0. The molecule has 94 valence electrons. The number of nitrogens with zero attached hydrogens (tertiary/aromatic N) is 3. The number of hydrogen-bond donors (Lipinski definition) is 1. The summed E-state index contributed by atoms with van der Waals surface area (Å²) in [5.41, 5.74) is 6.63. The van der Waals surface area contributed by atoms with Gasteiger partial charge < -0.3 is 15.4 Å². The third-order valence-corrected chi connectivity index (χ3v) is 3.00. The zero-order valence-electron chi connectivity index (χ0n) is 10.7. The van der Waals surface area contributed by atoms with Crippen LogP contribution >= 0.6 is 0 Å². The Hall–Kier alpha value is -1.52. The monoisotopic (exact) mass is 236 g/mol. The number of rotatable bonds is 3. The molecule has 0 amide bonds. The summed E-state index contributed by atoms with van der Waals surface area (Å²) in [5.74, 6) is 1.30. The van der Waals surface area contributed by atoms with Gasteiger partial charge in [0.15, 0.2) is 5.82 Å². The molecule has 0 spiro atoms. The van der Waals surface area contributed by atoms with E-state index in [1.165, 1.54) is 19.2 Å². The van der Waals surface area contributed by atoms with E-state index in [-0.39, 0.29) is 6.10 Å². The molecule has 2 N–H and O–H groups in total. The molecule has 1 atom stereocenters. The average molecular weight is 236 g/mol. The fourth-order valence-corrected chi connectivity index (χ4v) is 2.16. The molecule has 1 aromatic rings. The number of anilines is 2. The fourth-order valence-electron chi connectivity index (χ4n) is 2.16. The molecule has 2 heterocycles. The minimum atomic E-state index is 0.0658. The zero-order chi connectivity index (χ0) is 12.4. The third kappa shape index (κ3) is 2.43. The summed E-state index contributed by atoms with van der Waals surface area (Å²) >= 11 is 0. The Balaban J connectivity index is 2.28. The first-order valence-corrected chi connectivity index (χ1v) is 6.13. The van der Waals surface area contributed by atoms with Crippen molar-refractivity contribution in [3.05, 3.63) is 6.33 Å². The highest BCUT2D eigenvalue weighted by Crippen LogP contribution is 2.32. The van der Waals surface area contributed by atoms with Crippen molar-refractivity contribution in [1.82, 2.24) is 9.97 Å². The van der Waals surface area contributed by atoms with E-state index in [0.717, 1.165) is 12.4 Å². The van der Waals surface area contributed by atoms with Crippen LogP contribution in [0.4, 0.5) is 11.5 Å². The van der Waals surface area contributed by atoms with Gasteiger partial charge in [-0.2, -0.15) is 4.98 Å². The van der Waals surface area contributed by atoms with Crippen molar-refractivity contribution < 1.29 is 4.74 Å². The van der Waals surface area contributed by atoms with Gasteiger partial charge in [-0.25, -0.2) is 4.98 Å². The van der Waals surface area contributed by atoms with E-state index in [4.69, 9.17) is 10.5 Å². The molecule has 2 rings (SSSR count).